The van der Waals surface area contributed by atoms with Crippen molar-refractivity contribution in [1.29, 1.82) is 0 Å². The molecule has 1 N–H and O–H groups in total. The van der Waals surface area contributed by atoms with Gasteiger partial charge < -0.3 is 19.4 Å². The van der Waals surface area contributed by atoms with Gasteiger partial charge in [0.05, 0.1) is 0 Å². The van der Waals surface area contributed by atoms with Crippen LogP contribution >= 0.6 is 0 Å². The maximum absolute atomic E-state index is 12.4. The van der Waals surface area contributed by atoms with Crippen LogP contribution in [0, 0.1) is 6.92 Å². The third-order valence-corrected chi connectivity index (χ3v) is 4.30. The number of benzene rings is 2. The van der Waals surface area contributed by atoms with Crippen molar-refractivity contribution in [2.75, 3.05) is 13.2 Å². The second kappa shape index (κ2) is 6.92. The summed E-state index contributed by atoms with van der Waals surface area (Å²) in [5.41, 5.74) is 2.62. The molecule has 0 aliphatic carbocycles. The van der Waals surface area contributed by atoms with Crippen molar-refractivity contribution < 1.29 is 14.3 Å². The van der Waals surface area contributed by atoms with Gasteiger partial charge >= 0.3 is 0 Å². The van der Waals surface area contributed by atoms with Gasteiger partial charge in [0.1, 0.15) is 19.0 Å². The van der Waals surface area contributed by atoms with Crippen molar-refractivity contribution in [3.63, 3.8) is 0 Å². The highest BCUT2D eigenvalue weighted by Crippen LogP contribution is 2.30. The minimum Gasteiger partial charge on any atom is -0.486 e. The molecule has 0 spiro atoms. The van der Waals surface area contributed by atoms with E-state index in [-0.39, 0.29) is 5.91 Å². The normalized spacial score (nSPS) is 12.7. The van der Waals surface area contributed by atoms with Gasteiger partial charge in [-0.25, -0.2) is 4.98 Å². The van der Waals surface area contributed by atoms with Gasteiger partial charge in [-0.3, -0.25) is 4.79 Å². The summed E-state index contributed by atoms with van der Waals surface area (Å²) in [7, 11) is 0. The van der Waals surface area contributed by atoms with Crippen molar-refractivity contribution >= 4 is 5.91 Å². The van der Waals surface area contributed by atoms with Crippen LogP contribution in [0.3, 0.4) is 0 Å². The molecule has 0 fully saturated rings. The maximum atomic E-state index is 12.4. The van der Waals surface area contributed by atoms with E-state index in [0.717, 1.165) is 17.1 Å². The molecule has 0 saturated heterocycles. The molecule has 0 bridgehead atoms. The Hall–Kier alpha value is -3.28. The monoisotopic (exact) mass is 349 g/mol. The third-order valence-electron chi connectivity index (χ3n) is 4.30. The van der Waals surface area contributed by atoms with E-state index in [1.54, 1.807) is 24.4 Å². The van der Waals surface area contributed by atoms with E-state index < -0.39 is 0 Å². The van der Waals surface area contributed by atoms with Gasteiger partial charge in [-0.15, -0.1) is 0 Å². The quantitative estimate of drug-likeness (QED) is 0.787. The van der Waals surface area contributed by atoms with Crippen molar-refractivity contribution in [3.8, 4) is 17.2 Å². The lowest BCUT2D eigenvalue weighted by Gasteiger charge is -2.18. The number of nitrogens with zero attached hydrogens (tertiary/aromatic N) is 2. The Morgan fingerprint density at radius 3 is 2.62 bits per heavy atom. The van der Waals surface area contributed by atoms with Crippen LogP contribution in [-0.2, 0) is 6.54 Å². The molecule has 1 aliphatic rings. The molecular formula is C20H19N3O3. The molecule has 2 aromatic carbocycles. The molecule has 0 radical (unpaired) electrons. The van der Waals surface area contributed by atoms with Gasteiger partial charge in [0, 0.05) is 30.2 Å². The van der Waals surface area contributed by atoms with E-state index in [4.69, 9.17) is 9.47 Å². The lowest BCUT2D eigenvalue weighted by molar-refractivity contribution is 0.0949. The predicted octanol–water partition coefficient (Wildman–Crippen LogP) is 2.88. The van der Waals surface area contributed by atoms with Crippen molar-refractivity contribution in [2.24, 2.45) is 0 Å². The highest BCUT2D eigenvalue weighted by Gasteiger charge is 2.14. The molecule has 0 unspecified atom stereocenters. The Balaban J connectivity index is 1.41. The number of imidazole rings is 1. The van der Waals surface area contributed by atoms with Crippen LogP contribution in [0.25, 0.3) is 5.69 Å². The zero-order chi connectivity index (χ0) is 17.9. The molecule has 3 aromatic rings. The van der Waals surface area contributed by atoms with Gasteiger partial charge in [0.25, 0.3) is 5.91 Å². The van der Waals surface area contributed by atoms with Gasteiger partial charge in [-0.1, -0.05) is 12.1 Å². The van der Waals surface area contributed by atoms with Crippen molar-refractivity contribution in [2.45, 2.75) is 13.5 Å². The summed E-state index contributed by atoms with van der Waals surface area (Å²) in [5, 5.41) is 2.93. The lowest BCUT2D eigenvalue weighted by Crippen LogP contribution is -2.23. The number of hydrogen-bond donors (Lipinski definition) is 1. The van der Waals surface area contributed by atoms with Crippen LogP contribution in [0.4, 0.5) is 0 Å². The molecule has 0 saturated carbocycles. The molecule has 132 valence electrons. The van der Waals surface area contributed by atoms with Crippen LogP contribution in [0.2, 0.25) is 0 Å². The number of nitrogens with one attached hydrogen (secondary N) is 1. The number of aryl methyl sites for hydroxylation is 1. The molecular weight excluding hydrogens is 330 g/mol. The summed E-state index contributed by atoms with van der Waals surface area (Å²) in [6.45, 7) is 3.45. The first-order valence-electron chi connectivity index (χ1n) is 8.48. The Kier molecular flexibility index (Phi) is 4.31. The van der Waals surface area contributed by atoms with Crippen LogP contribution in [0.5, 0.6) is 11.5 Å². The number of hydrogen-bond acceptors (Lipinski definition) is 4. The Morgan fingerprint density at radius 2 is 1.88 bits per heavy atom. The van der Waals surface area contributed by atoms with Crippen LogP contribution in [-0.4, -0.2) is 28.7 Å². The molecule has 0 atom stereocenters. The number of amides is 1. The van der Waals surface area contributed by atoms with Crippen molar-refractivity contribution in [1.82, 2.24) is 14.9 Å². The minimum absolute atomic E-state index is 0.142. The Bertz CT molecular complexity index is 932. The standard InChI is InChI=1S/C20H19N3O3/c1-14-21-8-9-23(14)17-5-2-15(3-6-17)13-22-20(24)16-4-7-18-19(12-16)26-11-10-25-18/h2-9,12H,10-11,13H2,1H3,(H,22,24). The first-order chi connectivity index (χ1) is 12.7. The van der Waals surface area contributed by atoms with Gasteiger partial charge in [0.15, 0.2) is 11.5 Å². The molecule has 26 heavy (non-hydrogen) atoms. The minimum atomic E-state index is -0.142. The number of carbonyl (C=O) groups excluding carboxylic acids is 1. The van der Waals surface area contributed by atoms with Gasteiger partial charge in [-0.2, -0.15) is 0 Å². The van der Waals surface area contributed by atoms with E-state index in [1.165, 1.54) is 0 Å². The zero-order valence-electron chi connectivity index (χ0n) is 14.4. The summed E-state index contributed by atoms with van der Waals surface area (Å²) in [6.07, 6.45) is 3.70. The zero-order valence-corrected chi connectivity index (χ0v) is 14.4. The first kappa shape index (κ1) is 16.2. The van der Waals surface area contributed by atoms with E-state index in [2.05, 4.69) is 10.3 Å². The van der Waals surface area contributed by atoms with Gasteiger partial charge in [0.2, 0.25) is 0 Å². The average Bonchev–Trinajstić information content (AvgIpc) is 3.12. The van der Waals surface area contributed by atoms with Gasteiger partial charge in [-0.05, 0) is 42.8 Å². The first-order valence-corrected chi connectivity index (χ1v) is 8.48. The molecule has 1 amide bonds. The largest absolute Gasteiger partial charge is 0.486 e. The smallest absolute Gasteiger partial charge is 0.251 e. The Morgan fingerprint density at radius 1 is 1.12 bits per heavy atom. The van der Waals surface area contributed by atoms with Crippen molar-refractivity contribution in [3.05, 3.63) is 71.8 Å². The van der Waals surface area contributed by atoms with Crippen LogP contribution < -0.4 is 14.8 Å². The number of fused-ring (bicyclic) bond motifs is 1. The number of carbonyl (C=O) groups is 1. The van der Waals surface area contributed by atoms with E-state index in [0.29, 0.717) is 36.8 Å². The van der Waals surface area contributed by atoms with E-state index in [9.17, 15) is 4.79 Å². The number of rotatable bonds is 4. The maximum Gasteiger partial charge on any atom is 0.251 e. The molecule has 1 aromatic heterocycles. The van der Waals surface area contributed by atoms with E-state index in [1.807, 2.05) is 42.0 Å². The third kappa shape index (κ3) is 3.26. The topological polar surface area (TPSA) is 65.4 Å². The lowest BCUT2D eigenvalue weighted by atomic mass is 10.1. The van der Waals surface area contributed by atoms with E-state index >= 15 is 0 Å². The SMILES string of the molecule is Cc1nccn1-c1ccc(CNC(=O)c2ccc3c(c2)OCCO3)cc1. The Labute approximate surface area is 151 Å². The second-order valence-electron chi connectivity index (χ2n) is 6.05. The number of aromatic nitrogens is 2. The molecule has 1 aliphatic heterocycles. The summed E-state index contributed by atoms with van der Waals surface area (Å²) in [4.78, 5) is 16.6. The summed E-state index contributed by atoms with van der Waals surface area (Å²) in [5.74, 6) is 2.09. The molecule has 6 heteroatoms. The summed E-state index contributed by atoms with van der Waals surface area (Å²) < 4.78 is 13.0. The second-order valence-corrected chi connectivity index (χ2v) is 6.05. The fourth-order valence-electron chi connectivity index (χ4n) is 2.89. The summed E-state index contributed by atoms with van der Waals surface area (Å²) in [6, 6.07) is 13.3. The predicted molar refractivity (Wildman–Crippen MR) is 96.9 cm³/mol. The molecule has 6 nitrogen and oxygen atoms in total. The fraction of sp³-hybridized carbons (Fsp3) is 0.200. The highest BCUT2D eigenvalue weighted by atomic mass is 16.6. The van der Waals surface area contributed by atoms with Crippen LogP contribution in [0.1, 0.15) is 21.7 Å². The summed E-state index contributed by atoms with van der Waals surface area (Å²) >= 11 is 0. The van der Waals surface area contributed by atoms with Crippen LogP contribution in [0.15, 0.2) is 54.9 Å². The molecule has 2 heterocycles. The highest BCUT2D eigenvalue weighted by molar-refractivity contribution is 5.94. The number of ether oxygens (including phenoxy) is 2. The fourth-order valence-corrected chi connectivity index (χ4v) is 2.89. The average molecular weight is 349 g/mol. The molecule has 4 rings (SSSR count).